The SMILES string of the molecule is Cc1cc2c(cn1)cc(C1CC(NC(=O)C3CCC(N(C)C)CC3)CCC1C)c(=O)n2C. The van der Waals surface area contributed by atoms with Gasteiger partial charge >= 0.3 is 0 Å². The Morgan fingerprint density at radius 2 is 1.84 bits per heavy atom. The van der Waals surface area contributed by atoms with Crippen LogP contribution in [-0.4, -0.2) is 46.5 Å². The molecule has 2 aromatic heterocycles. The first-order chi connectivity index (χ1) is 15.2. The summed E-state index contributed by atoms with van der Waals surface area (Å²) in [4.78, 5) is 33.0. The Morgan fingerprint density at radius 3 is 2.53 bits per heavy atom. The molecule has 1 N–H and O–H groups in total. The molecule has 6 nitrogen and oxygen atoms in total. The Balaban J connectivity index is 1.48. The van der Waals surface area contributed by atoms with E-state index in [4.69, 9.17) is 0 Å². The van der Waals surface area contributed by atoms with E-state index in [2.05, 4.69) is 36.2 Å². The molecule has 0 aromatic carbocycles. The van der Waals surface area contributed by atoms with Gasteiger partial charge in [0.2, 0.25) is 5.91 Å². The van der Waals surface area contributed by atoms with Crippen LogP contribution in [-0.2, 0) is 11.8 Å². The van der Waals surface area contributed by atoms with Crippen LogP contribution in [0, 0.1) is 18.8 Å². The van der Waals surface area contributed by atoms with Crippen molar-refractivity contribution < 1.29 is 4.79 Å². The Bertz CT molecular complexity index is 1040. The molecule has 0 aliphatic heterocycles. The van der Waals surface area contributed by atoms with Gasteiger partial charge in [0.1, 0.15) is 0 Å². The molecular formula is C26H38N4O2. The molecule has 0 bridgehead atoms. The lowest BCUT2D eigenvalue weighted by atomic mass is 9.74. The third-order valence-electron chi connectivity index (χ3n) is 8.01. The van der Waals surface area contributed by atoms with Crippen LogP contribution in [0.3, 0.4) is 0 Å². The Labute approximate surface area is 191 Å². The molecule has 0 radical (unpaired) electrons. The second-order valence-corrected chi connectivity index (χ2v) is 10.4. The third kappa shape index (κ3) is 4.61. The fraction of sp³-hybridized carbons (Fsp3) is 0.654. The van der Waals surface area contributed by atoms with Gasteiger partial charge in [-0.2, -0.15) is 0 Å². The van der Waals surface area contributed by atoms with E-state index in [1.165, 1.54) is 0 Å². The molecule has 2 fully saturated rings. The molecule has 174 valence electrons. The van der Waals surface area contributed by atoms with Crippen LogP contribution < -0.4 is 10.9 Å². The van der Waals surface area contributed by atoms with E-state index < -0.39 is 0 Å². The van der Waals surface area contributed by atoms with E-state index in [1.54, 1.807) is 4.57 Å². The van der Waals surface area contributed by atoms with Crippen molar-refractivity contribution in [1.82, 2.24) is 19.8 Å². The highest BCUT2D eigenvalue weighted by atomic mass is 16.2. The van der Waals surface area contributed by atoms with Crippen molar-refractivity contribution in [3.05, 3.63) is 39.9 Å². The smallest absolute Gasteiger partial charge is 0.254 e. The summed E-state index contributed by atoms with van der Waals surface area (Å²) in [6.45, 7) is 4.18. The summed E-state index contributed by atoms with van der Waals surface area (Å²) in [6, 6.07) is 4.75. The quantitative estimate of drug-likeness (QED) is 0.789. The zero-order valence-electron chi connectivity index (χ0n) is 20.2. The average Bonchev–Trinajstić information content (AvgIpc) is 2.78. The summed E-state index contributed by atoms with van der Waals surface area (Å²) >= 11 is 0. The molecule has 2 aliphatic carbocycles. The molecule has 3 unspecified atom stereocenters. The van der Waals surface area contributed by atoms with Gasteiger partial charge in [0.25, 0.3) is 5.56 Å². The number of aryl methyl sites for hydroxylation is 2. The Morgan fingerprint density at radius 1 is 1.12 bits per heavy atom. The number of carbonyl (C=O) groups excluding carboxylic acids is 1. The van der Waals surface area contributed by atoms with Crippen LogP contribution in [0.5, 0.6) is 0 Å². The first-order valence-electron chi connectivity index (χ1n) is 12.2. The number of hydrogen-bond acceptors (Lipinski definition) is 4. The minimum atomic E-state index is 0.0777. The summed E-state index contributed by atoms with van der Waals surface area (Å²) in [7, 11) is 6.11. The van der Waals surface area contributed by atoms with Crippen molar-refractivity contribution in [1.29, 1.82) is 0 Å². The van der Waals surface area contributed by atoms with Gasteiger partial charge in [-0.25, -0.2) is 0 Å². The van der Waals surface area contributed by atoms with Crippen LogP contribution >= 0.6 is 0 Å². The molecule has 2 saturated carbocycles. The van der Waals surface area contributed by atoms with Crippen molar-refractivity contribution in [2.45, 2.75) is 76.8 Å². The van der Waals surface area contributed by atoms with E-state index in [0.717, 1.165) is 67.1 Å². The summed E-state index contributed by atoms with van der Waals surface area (Å²) in [5.41, 5.74) is 2.78. The predicted octanol–water partition coefficient (Wildman–Crippen LogP) is 3.75. The van der Waals surface area contributed by atoms with Crippen LogP contribution in [0.1, 0.15) is 69.0 Å². The molecular weight excluding hydrogens is 400 g/mol. The highest BCUT2D eigenvalue weighted by Gasteiger charge is 2.34. The van der Waals surface area contributed by atoms with Crippen molar-refractivity contribution in [3.8, 4) is 0 Å². The van der Waals surface area contributed by atoms with Crippen molar-refractivity contribution in [2.24, 2.45) is 18.9 Å². The van der Waals surface area contributed by atoms with E-state index >= 15 is 0 Å². The van der Waals surface area contributed by atoms with Crippen molar-refractivity contribution >= 4 is 16.8 Å². The molecule has 0 spiro atoms. The zero-order valence-corrected chi connectivity index (χ0v) is 20.2. The molecule has 0 saturated heterocycles. The van der Waals surface area contributed by atoms with Crippen LogP contribution in [0.2, 0.25) is 0 Å². The molecule has 6 heteroatoms. The number of hydrogen-bond donors (Lipinski definition) is 1. The van der Waals surface area contributed by atoms with E-state index in [1.807, 2.05) is 32.3 Å². The predicted molar refractivity (Wildman–Crippen MR) is 129 cm³/mol. The van der Waals surface area contributed by atoms with Crippen LogP contribution in [0.15, 0.2) is 23.1 Å². The van der Waals surface area contributed by atoms with Gasteiger partial charge in [-0.3, -0.25) is 14.6 Å². The maximum Gasteiger partial charge on any atom is 0.254 e. The largest absolute Gasteiger partial charge is 0.353 e. The number of amides is 1. The van der Waals surface area contributed by atoms with Gasteiger partial charge < -0.3 is 14.8 Å². The topological polar surface area (TPSA) is 67.2 Å². The normalized spacial score (nSPS) is 28.8. The van der Waals surface area contributed by atoms with Gasteiger partial charge in [0.05, 0.1) is 5.52 Å². The molecule has 4 rings (SSSR count). The maximum absolute atomic E-state index is 13.3. The highest BCUT2D eigenvalue weighted by molar-refractivity contribution is 5.80. The Hall–Kier alpha value is -2.21. The lowest BCUT2D eigenvalue weighted by molar-refractivity contribution is -0.127. The number of aromatic nitrogens is 2. The first-order valence-corrected chi connectivity index (χ1v) is 12.2. The summed E-state index contributed by atoms with van der Waals surface area (Å²) in [5, 5.41) is 4.36. The minimum absolute atomic E-state index is 0.0777. The van der Waals surface area contributed by atoms with E-state index in [-0.39, 0.29) is 29.3 Å². The lowest BCUT2D eigenvalue weighted by Crippen LogP contribution is -2.45. The molecule has 3 atom stereocenters. The maximum atomic E-state index is 13.3. The van der Waals surface area contributed by atoms with E-state index in [0.29, 0.717) is 12.0 Å². The third-order valence-corrected chi connectivity index (χ3v) is 8.01. The molecule has 2 aromatic rings. The van der Waals surface area contributed by atoms with Gasteiger partial charge in [0.15, 0.2) is 0 Å². The summed E-state index contributed by atoms with van der Waals surface area (Å²) < 4.78 is 1.76. The van der Waals surface area contributed by atoms with Gasteiger partial charge in [-0.15, -0.1) is 0 Å². The van der Waals surface area contributed by atoms with Gasteiger partial charge in [0, 0.05) is 47.9 Å². The molecule has 1 amide bonds. The number of rotatable bonds is 4. The highest BCUT2D eigenvalue weighted by Crippen LogP contribution is 2.37. The zero-order chi connectivity index (χ0) is 23.0. The number of fused-ring (bicyclic) bond motifs is 1. The number of carbonyl (C=O) groups is 1. The Kier molecular flexibility index (Phi) is 6.70. The summed E-state index contributed by atoms with van der Waals surface area (Å²) in [6.07, 6.45) is 8.84. The monoisotopic (exact) mass is 438 g/mol. The van der Waals surface area contributed by atoms with Crippen LogP contribution in [0.25, 0.3) is 10.9 Å². The van der Waals surface area contributed by atoms with Crippen LogP contribution in [0.4, 0.5) is 0 Å². The molecule has 2 aliphatic rings. The number of pyridine rings is 2. The minimum Gasteiger partial charge on any atom is -0.353 e. The standard InChI is InChI=1S/C26H38N4O2/c1-16-6-9-20(28-25(31)18-7-10-21(11-8-18)29(3)4)14-22(16)23-13-19-15-27-17(2)12-24(19)30(5)26(23)32/h12-13,15-16,18,20-22H,6-11,14H2,1-5H3,(H,28,31). The molecule has 32 heavy (non-hydrogen) atoms. The summed E-state index contributed by atoms with van der Waals surface area (Å²) in [5.74, 6) is 0.920. The fourth-order valence-corrected chi connectivity index (χ4v) is 5.82. The lowest BCUT2D eigenvalue weighted by Gasteiger charge is -2.37. The second-order valence-electron chi connectivity index (χ2n) is 10.4. The van der Waals surface area contributed by atoms with Crippen molar-refractivity contribution in [3.63, 3.8) is 0 Å². The number of nitrogens with zero attached hydrogens (tertiary/aromatic N) is 3. The molecule has 2 heterocycles. The average molecular weight is 439 g/mol. The van der Waals surface area contributed by atoms with Gasteiger partial charge in [-0.05, 0) is 89.9 Å². The fourth-order valence-electron chi connectivity index (χ4n) is 5.82. The van der Waals surface area contributed by atoms with E-state index in [9.17, 15) is 9.59 Å². The number of nitrogens with one attached hydrogen (secondary N) is 1. The first kappa shape index (κ1) is 23.0. The second kappa shape index (κ2) is 9.34. The van der Waals surface area contributed by atoms with Crippen molar-refractivity contribution in [2.75, 3.05) is 14.1 Å². The van der Waals surface area contributed by atoms with Gasteiger partial charge in [-0.1, -0.05) is 6.92 Å².